The summed E-state index contributed by atoms with van der Waals surface area (Å²) in [6.07, 6.45) is 3.55. The molecule has 1 heterocycles. The Morgan fingerprint density at radius 1 is 0.806 bits per heavy atom. The molecule has 0 aliphatic heterocycles. The molecule has 2 N–H and O–H groups in total. The lowest BCUT2D eigenvalue weighted by molar-refractivity contribution is -0.124. The Morgan fingerprint density at radius 2 is 1.42 bits per heavy atom. The second kappa shape index (κ2) is 9.54. The van der Waals surface area contributed by atoms with Crippen LogP contribution in [-0.2, 0) is 9.59 Å². The SMILES string of the molecule is O=C(CNC(=O)C(c1ccccc1)c1ccccc1)Nc1ccc(-n2cccn2)cc1. The quantitative estimate of drug-likeness (QED) is 0.487. The van der Waals surface area contributed by atoms with Crippen molar-refractivity contribution in [1.82, 2.24) is 15.1 Å². The van der Waals surface area contributed by atoms with E-state index in [1.54, 1.807) is 23.0 Å². The first kappa shape index (κ1) is 20.1. The van der Waals surface area contributed by atoms with E-state index in [0.717, 1.165) is 16.8 Å². The van der Waals surface area contributed by atoms with Crippen molar-refractivity contribution in [3.8, 4) is 5.69 Å². The van der Waals surface area contributed by atoms with Crippen molar-refractivity contribution in [2.75, 3.05) is 11.9 Å². The maximum atomic E-state index is 13.0. The molecule has 31 heavy (non-hydrogen) atoms. The molecule has 4 aromatic rings. The fraction of sp³-hybridized carbons (Fsp3) is 0.0800. The maximum Gasteiger partial charge on any atom is 0.243 e. The van der Waals surface area contributed by atoms with Crippen molar-refractivity contribution in [3.63, 3.8) is 0 Å². The van der Waals surface area contributed by atoms with Crippen LogP contribution in [0.25, 0.3) is 5.69 Å². The van der Waals surface area contributed by atoms with Gasteiger partial charge in [-0.25, -0.2) is 4.68 Å². The van der Waals surface area contributed by atoms with Crippen LogP contribution in [0.3, 0.4) is 0 Å². The Bertz CT molecular complexity index is 1090. The smallest absolute Gasteiger partial charge is 0.243 e. The average Bonchev–Trinajstić information content (AvgIpc) is 3.35. The van der Waals surface area contributed by atoms with Crippen molar-refractivity contribution in [3.05, 3.63) is 115 Å². The zero-order valence-electron chi connectivity index (χ0n) is 16.8. The molecule has 0 aliphatic carbocycles. The molecule has 6 nitrogen and oxygen atoms in total. The van der Waals surface area contributed by atoms with E-state index in [1.165, 1.54) is 0 Å². The summed E-state index contributed by atoms with van der Waals surface area (Å²) in [5, 5.41) is 9.75. The molecule has 3 aromatic carbocycles. The molecule has 0 saturated heterocycles. The molecule has 0 spiro atoms. The van der Waals surface area contributed by atoms with Crippen LogP contribution in [0.5, 0.6) is 0 Å². The number of carbonyl (C=O) groups is 2. The van der Waals surface area contributed by atoms with Crippen molar-refractivity contribution in [2.45, 2.75) is 5.92 Å². The lowest BCUT2D eigenvalue weighted by Gasteiger charge is -2.18. The topological polar surface area (TPSA) is 76.0 Å². The largest absolute Gasteiger partial charge is 0.346 e. The van der Waals surface area contributed by atoms with Gasteiger partial charge in [-0.1, -0.05) is 60.7 Å². The predicted molar refractivity (Wildman–Crippen MR) is 120 cm³/mol. The van der Waals surface area contributed by atoms with Gasteiger partial charge in [0.15, 0.2) is 0 Å². The summed E-state index contributed by atoms with van der Waals surface area (Å²) >= 11 is 0. The molecule has 0 saturated carbocycles. The first-order valence-corrected chi connectivity index (χ1v) is 9.98. The van der Waals surface area contributed by atoms with Crippen molar-refractivity contribution >= 4 is 17.5 Å². The summed E-state index contributed by atoms with van der Waals surface area (Å²) in [7, 11) is 0. The predicted octanol–water partition coefficient (Wildman–Crippen LogP) is 3.76. The van der Waals surface area contributed by atoms with E-state index < -0.39 is 5.92 Å². The highest BCUT2D eigenvalue weighted by Gasteiger charge is 2.22. The van der Waals surface area contributed by atoms with Gasteiger partial charge in [0, 0.05) is 18.1 Å². The standard InChI is InChI=1S/C25H22N4O2/c30-23(28-21-12-14-22(15-13-21)29-17-7-16-27-29)18-26-25(31)24(19-8-3-1-4-9-19)20-10-5-2-6-11-20/h1-17,24H,18H2,(H,26,31)(H,28,30). The van der Waals surface area contributed by atoms with E-state index >= 15 is 0 Å². The molecular formula is C25H22N4O2. The number of anilines is 1. The Kier molecular flexibility index (Phi) is 6.18. The summed E-state index contributed by atoms with van der Waals surface area (Å²) in [4.78, 5) is 25.4. The molecule has 0 unspecified atom stereocenters. The summed E-state index contributed by atoms with van der Waals surface area (Å²) in [6.45, 7) is -0.115. The highest BCUT2D eigenvalue weighted by atomic mass is 16.2. The van der Waals surface area contributed by atoms with Crippen molar-refractivity contribution in [1.29, 1.82) is 0 Å². The summed E-state index contributed by atoms with van der Waals surface area (Å²) < 4.78 is 1.74. The Hall–Kier alpha value is -4.19. The number of rotatable bonds is 7. The second-order valence-electron chi connectivity index (χ2n) is 7.02. The van der Waals surface area contributed by atoms with Gasteiger partial charge in [-0.3, -0.25) is 9.59 Å². The highest BCUT2D eigenvalue weighted by Crippen LogP contribution is 2.24. The third-order valence-corrected chi connectivity index (χ3v) is 4.87. The third-order valence-electron chi connectivity index (χ3n) is 4.87. The van der Waals surface area contributed by atoms with Crippen molar-refractivity contribution < 1.29 is 9.59 Å². The number of amides is 2. The van der Waals surface area contributed by atoms with Crippen LogP contribution in [0.1, 0.15) is 17.0 Å². The minimum Gasteiger partial charge on any atom is -0.346 e. The molecule has 0 atom stereocenters. The lowest BCUT2D eigenvalue weighted by Crippen LogP contribution is -2.36. The van der Waals surface area contributed by atoms with Gasteiger partial charge in [-0.15, -0.1) is 0 Å². The van der Waals surface area contributed by atoms with Crippen LogP contribution >= 0.6 is 0 Å². The zero-order chi connectivity index (χ0) is 21.5. The third kappa shape index (κ3) is 5.05. The van der Waals surface area contributed by atoms with Crippen LogP contribution in [-0.4, -0.2) is 28.1 Å². The fourth-order valence-electron chi connectivity index (χ4n) is 3.38. The van der Waals surface area contributed by atoms with E-state index in [1.807, 2.05) is 85.1 Å². The Balaban J connectivity index is 1.39. The van der Waals surface area contributed by atoms with Crippen LogP contribution in [0.15, 0.2) is 103 Å². The summed E-state index contributed by atoms with van der Waals surface area (Å²) in [5.41, 5.74) is 3.30. The molecule has 1 aromatic heterocycles. The van der Waals surface area contributed by atoms with Gasteiger partial charge < -0.3 is 10.6 Å². The number of hydrogen-bond donors (Lipinski definition) is 2. The number of nitrogens with one attached hydrogen (secondary N) is 2. The molecule has 4 rings (SSSR count). The minimum absolute atomic E-state index is 0.115. The van der Waals surface area contributed by atoms with Crippen LogP contribution in [0.2, 0.25) is 0 Å². The van der Waals surface area contributed by atoms with Crippen molar-refractivity contribution in [2.24, 2.45) is 0 Å². The van der Waals surface area contributed by atoms with Gasteiger partial charge in [-0.05, 0) is 41.5 Å². The van der Waals surface area contributed by atoms with Gasteiger partial charge in [0.2, 0.25) is 11.8 Å². The number of aromatic nitrogens is 2. The molecular weight excluding hydrogens is 388 g/mol. The normalized spacial score (nSPS) is 10.6. The summed E-state index contributed by atoms with van der Waals surface area (Å²) in [6, 6.07) is 28.3. The van der Waals surface area contributed by atoms with E-state index in [2.05, 4.69) is 15.7 Å². The Labute approximate surface area is 180 Å². The van der Waals surface area contributed by atoms with Gasteiger partial charge in [-0.2, -0.15) is 5.10 Å². The molecule has 6 heteroatoms. The van der Waals surface area contributed by atoms with E-state index in [4.69, 9.17) is 0 Å². The molecule has 0 radical (unpaired) electrons. The second-order valence-corrected chi connectivity index (χ2v) is 7.02. The number of nitrogens with zero attached hydrogens (tertiary/aromatic N) is 2. The number of carbonyl (C=O) groups excluding carboxylic acids is 2. The molecule has 0 fully saturated rings. The number of benzene rings is 3. The molecule has 154 valence electrons. The highest BCUT2D eigenvalue weighted by molar-refractivity contribution is 5.96. The summed E-state index contributed by atoms with van der Waals surface area (Å²) in [5.74, 6) is -0.995. The molecule has 0 aliphatic rings. The van der Waals surface area contributed by atoms with E-state index in [0.29, 0.717) is 5.69 Å². The first-order chi connectivity index (χ1) is 15.2. The number of hydrogen-bond acceptors (Lipinski definition) is 3. The van der Waals surface area contributed by atoms with Crippen LogP contribution < -0.4 is 10.6 Å². The Morgan fingerprint density at radius 3 is 1.97 bits per heavy atom. The van der Waals surface area contributed by atoms with Crippen LogP contribution in [0, 0.1) is 0 Å². The van der Waals surface area contributed by atoms with Gasteiger partial charge in [0.05, 0.1) is 18.2 Å². The van der Waals surface area contributed by atoms with E-state index in [-0.39, 0.29) is 18.4 Å². The fourth-order valence-corrected chi connectivity index (χ4v) is 3.38. The van der Waals surface area contributed by atoms with Gasteiger partial charge in [0.25, 0.3) is 0 Å². The van der Waals surface area contributed by atoms with Gasteiger partial charge in [0.1, 0.15) is 0 Å². The molecule has 0 bridgehead atoms. The first-order valence-electron chi connectivity index (χ1n) is 9.98. The maximum absolute atomic E-state index is 13.0. The average molecular weight is 410 g/mol. The zero-order valence-corrected chi connectivity index (χ0v) is 16.8. The lowest BCUT2D eigenvalue weighted by atomic mass is 9.90. The minimum atomic E-state index is -0.483. The monoisotopic (exact) mass is 410 g/mol. The van der Waals surface area contributed by atoms with E-state index in [9.17, 15) is 9.59 Å². The van der Waals surface area contributed by atoms with Crippen LogP contribution in [0.4, 0.5) is 5.69 Å². The van der Waals surface area contributed by atoms with Gasteiger partial charge >= 0.3 is 0 Å². The molecule has 2 amide bonds.